The van der Waals surface area contributed by atoms with Gasteiger partial charge in [0.1, 0.15) is 23.7 Å². The van der Waals surface area contributed by atoms with E-state index in [2.05, 4.69) is 74.3 Å². The number of hydrogen-bond donors (Lipinski definition) is 1. The van der Waals surface area contributed by atoms with Crippen LogP contribution in [0.25, 0.3) is 0 Å². The number of ketones is 1. The van der Waals surface area contributed by atoms with Gasteiger partial charge in [-0.3, -0.25) is 4.79 Å². The lowest BCUT2D eigenvalue weighted by Crippen LogP contribution is -2.49. The molecule has 1 saturated heterocycles. The maximum Gasteiger partial charge on any atom is 0.192 e. The molecule has 0 saturated carbocycles. The van der Waals surface area contributed by atoms with E-state index in [1.807, 2.05) is 61.5 Å². The summed E-state index contributed by atoms with van der Waals surface area (Å²) in [6, 6.07) is 17.8. The molecular weight excluding hydrogens is 689 g/mol. The third-order valence-electron chi connectivity index (χ3n) is 11.3. The molecule has 10 heteroatoms. The number of aliphatic hydroxyl groups is 1. The molecule has 0 aliphatic carbocycles. The minimum atomic E-state index is -2.29. The van der Waals surface area contributed by atoms with Crippen LogP contribution in [0.4, 0.5) is 0 Å². The zero-order chi connectivity index (χ0) is 39.0. The van der Waals surface area contributed by atoms with Crippen LogP contribution in [0.2, 0.25) is 36.3 Å². The summed E-state index contributed by atoms with van der Waals surface area (Å²) < 4.78 is 38.5. The summed E-state index contributed by atoms with van der Waals surface area (Å²) >= 11 is 0. The van der Waals surface area contributed by atoms with Crippen molar-refractivity contribution < 1.29 is 37.7 Å². The quantitative estimate of drug-likeness (QED) is 0.106. The van der Waals surface area contributed by atoms with Crippen LogP contribution in [0.5, 0.6) is 5.75 Å². The van der Waals surface area contributed by atoms with Gasteiger partial charge in [-0.2, -0.15) is 0 Å². The summed E-state index contributed by atoms with van der Waals surface area (Å²) in [5.41, 5.74) is 2.10. The minimum absolute atomic E-state index is 0.0113. The van der Waals surface area contributed by atoms with Gasteiger partial charge in [0.2, 0.25) is 0 Å². The summed E-state index contributed by atoms with van der Waals surface area (Å²) in [5, 5.41) is 11.7. The van der Waals surface area contributed by atoms with Gasteiger partial charge in [0.05, 0.1) is 51.3 Å². The molecule has 0 spiro atoms. The second kappa shape index (κ2) is 18.5. The average molecular weight is 757 g/mol. The molecule has 2 aromatic rings. The first-order valence-corrected chi connectivity index (χ1v) is 24.6. The molecule has 0 amide bonds. The minimum Gasteiger partial charge on any atom is -0.497 e. The first-order chi connectivity index (χ1) is 24.1. The second-order valence-corrected chi connectivity index (χ2v) is 27.3. The van der Waals surface area contributed by atoms with Crippen LogP contribution < -0.4 is 4.74 Å². The van der Waals surface area contributed by atoms with Crippen molar-refractivity contribution in [1.29, 1.82) is 0 Å². The van der Waals surface area contributed by atoms with Crippen molar-refractivity contribution in [2.75, 3.05) is 20.3 Å². The van der Waals surface area contributed by atoms with Gasteiger partial charge in [0.15, 0.2) is 16.6 Å². The number of methoxy groups -OCH3 is 1. The predicted molar refractivity (Wildman–Crippen MR) is 215 cm³/mol. The van der Waals surface area contributed by atoms with Crippen molar-refractivity contribution in [3.05, 3.63) is 77.9 Å². The highest BCUT2D eigenvalue weighted by Gasteiger charge is 2.54. The first kappa shape index (κ1) is 44.2. The van der Waals surface area contributed by atoms with Gasteiger partial charge in [-0.05, 0) is 72.9 Å². The Morgan fingerprint density at radius 3 is 2.10 bits per heavy atom. The van der Waals surface area contributed by atoms with E-state index in [1.165, 1.54) is 0 Å². The van der Waals surface area contributed by atoms with Crippen molar-refractivity contribution in [2.45, 2.75) is 154 Å². The molecule has 5 atom stereocenters. The van der Waals surface area contributed by atoms with Crippen molar-refractivity contribution in [1.82, 2.24) is 0 Å². The van der Waals surface area contributed by atoms with E-state index in [9.17, 15) is 9.90 Å². The van der Waals surface area contributed by atoms with E-state index in [0.29, 0.717) is 39.3 Å². The smallest absolute Gasteiger partial charge is 0.192 e. The zero-order valence-corrected chi connectivity index (χ0v) is 36.2. The highest BCUT2D eigenvalue weighted by Crippen LogP contribution is 2.45. The van der Waals surface area contributed by atoms with Crippen molar-refractivity contribution >= 4 is 22.4 Å². The molecule has 1 fully saturated rings. The van der Waals surface area contributed by atoms with Crippen molar-refractivity contribution in [3.8, 4) is 5.75 Å². The molecule has 292 valence electrons. The Balaban J connectivity index is 1.78. The Bertz CT molecular complexity index is 1410. The number of rotatable bonds is 20. The number of carbonyl (C=O) groups is 1. The van der Waals surface area contributed by atoms with Gasteiger partial charge < -0.3 is 32.9 Å². The fourth-order valence-electron chi connectivity index (χ4n) is 5.70. The summed E-state index contributed by atoms with van der Waals surface area (Å²) in [6.45, 7) is 29.9. The molecule has 0 bridgehead atoms. The Morgan fingerprint density at radius 1 is 0.923 bits per heavy atom. The molecule has 0 radical (unpaired) electrons. The maximum atomic E-state index is 13.3. The standard InChI is InChI=1S/C42H68O8Si2/c1-31(27-46-28-32-17-15-14-16-18-32)19-22-34(43)25-36(44)39-37(50-52(12,13)41(5,6)7)26-42(8,49-39)38(30-48-51(10,11)40(2,3)4)47-29-33-20-23-35(45-9)24-21-33/h14-18,20-21,23-24,36-39,44H,1,19,22,25-30H2,2-13H3/t36-,37-,38+,39-,42-/m1/s1. The highest BCUT2D eigenvalue weighted by molar-refractivity contribution is 6.74. The number of Topliss-reactive ketones (excluding diaryl/α,β-unsaturated/α-hetero) is 1. The summed E-state index contributed by atoms with van der Waals surface area (Å²) in [7, 11) is -2.79. The molecule has 1 heterocycles. The van der Waals surface area contributed by atoms with E-state index in [0.717, 1.165) is 22.4 Å². The number of hydrogen-bond acceptors (Lipinski definition) is 8. The number of ether oxygens (including phenoxy) is 4. The largest absolute Gasteiger partial charge is 0.497 e. The normalized spacial score (nSPS) is 21.2. The first-order valence-electron chi connectivity index (χ1n) is 18.8. The van der Waals surface area contributed by atoms with Crippen LogP contribution in [0, 0.1) is 0 Å². The van der Waals surface area contributed by atoms with Crippen LogP contribution in [0.3, 0.4) is 0 Å². The van der Waals surface area contributed by atoms with Crippen LogP contribution in [0.15, 0.2) is 66.7 Å². The lowest BCUT2D eigenvalue weighted by Gasteiger charge is -2.40. The maximum absolute atomic E-state index is 13.3. The Morgan fingerprint density at radius 2 is 1.52 bits per heavy atom. The Labute approximate surface area is 316 Å². The SMILES string of the molecule is C=C(CCC(=O)C[C@@H](O)[C@H]1O[C@@](C)([C@H](CO[Si](C)(C)C(C)(C)C)OCc2ccc(OC)cc2)C[C@H]1O[Si](C)(C)C(C)(C)C)COCc1ccccc1. The van der Waals surface area contributed by atoms with E-state index in [1.54, 1.807) is 7.11 Å². The number of benzene rings is 2. The zero-order valence-electron chi connectivity index (χ0n) is 34.2. The molecule has 0 aromatic heterocycles. The molecule has 2 aromatic carbocycles. The summed E-state index contributed by atoms with van der Waals surface area (Å²) in [5.74, 6) is 0.735. The topological polar surface area (TPSA) is 92.7 Å². The molecular formula is C42H68O8Si2. The summed E-state index contributed by atoms with van der Waals surface area (Å²) in [4.78, 5) is 13.3. The fraction of sp³-hybridized carbons (Fsp3) is 0.643. The van der Waals surface area contributed by atoms with E-state index in [-0.39, 0.29) is 28.7 Å². The van der Waals surface area contributed by atoms with E-state index >= 15 is 0 Å². The van der Waals surface area contributed by atoms with Gasteiger partial charge in [-0.25, -0.2) is 0 Å². The van der Waals surface area contributed by atoms with Crippen LogP contribution in [0.1, 0.15) is 85.3 Å². The molecule has 8 nitrogen and oxygen atoms in total. The van der Waals surface area contributed by atoms with Gasteiger partial charge in [0.25, 0.3) is 0 Å². The monoisotopic (exact) mass is 756 g/mol. The van der Waals surface area contributed by atoms with Crippen LogP contribution in [-0.2, 0) is 41.1 Å². The van der Waals surface area contributed by atoms with Gasteiger partial charge in [-0.15, -0.1) is 0 Å². The molecule has 1 aliphatic heterocycles. The van der Waals surface area contributed by atoms with Crippen molar-refractivity contribution in [2.24, 2.45) is 0 Å². The number of aliphatic hydroxyl groups excluding tert-OH is 1. The molecule has 52 heavy (non-hydrogen) atoms. The summed E-state index contributed by atoms with van der Waals surface area (Å²) in [6.07, 6.45) is -1.39. The Kier molecular flexibility index (Phi) is 15.7. The molecule has 3 rings (SSSR count). The van der Waals surface area contributed by atoms with Crippen molar-refractivity contribution in [3.63, 3.8) is 0 Å². The van der Waals surface area contributed by atoms with Gasteiger partial charge in [-0.1, -0.05) is 96.2 Å². The van der Waals surface area contributed by atoms with Gasteiger partial charge >= 0.3 is 0 Å². The average Bonchev–Trinajstić information content (AvgIpc) is 3.39. The molecule has 1 N–H and O–H groups in total. The third kappa shape index (κ3) is 12.7. The van der Waals surface area contributed by atoms with Crippen LogP contribution in [-0.4, -0.2) is 77.9 Å². The molecule has 1 aliphatic rings. The lowest BCUT2D eigenvalue weighted by atomic mass is 9.93. The Hall–Kier alpha value is -2.16. The second-order valence-electron chi connectivity index (χ2n) is 17.8. The van der Waals surface area contributed by atoms with E-state index in [4.69, 9.17) is 27.8 Å². The number of carbonyl (C=O) groups excluding carboxylic acids is 1. The third-order valence-corrected chi connectivity index (χ3v) is 20.3. The fourth-order valence-corrected chi connectivity index (χ4v) is 8.02. The predicted octanol–water partition coefficient (Wildman–Crippen LogP) is 9.41. The lowest BCUT2D eigenvalue weighted by molar-refractivity contribution is -0.167. The van der Waals surface area contributed by atoms with Gasteiger partial charge in [0, 0.05) is 19.3 Å². The van der Waals surface area contributed by atoms with Crippen LogP contribution >= 0.6 is 0 Å². The highest BCUT2D eigenvalue weighted by atomic mass is 28.4. The van der Waals surface area contributed by atoms with E-state index < -0.39 is 46.7 Å². The molecule has 0 unspecified atom stereocenters.